The smallest absolute Gasteiger partial charge is 0.229 e. The van der Waals surface area contributed by atoms with Crippen LogP contribution < -0.4 is 4.90 Å². The molecule has 3 rings (SSSR count). The Labute approximate surface area is 123 Å². The number of rotatable bonds is 3. The minimum atomic E-state index is 0.0988. The molecule has 0 saturated carbocycles. The third-order valence-electron chi connectivity index (χ3n) is 3.67. The van der Waals surface area contributed by atoms with E-state index >= 15 is 0 Å². The average Bonchev–Trinajstić information content (AvgIpc) is 3.16. The largest absolute Gasteiger partial charge is 0.346 e. The lowest BCUT2D eigenvalue weighted by atomic mass is 10.2. The van der Waals surface area contributed by atoms with Gasteiger partial charge in [0.1, 0.15) is 11.9 Å². The Kier molecular flexibility index (Phi) is 3.57. The van der Waals surface area contributed by atoms with Gasteiger partial charge in [-0.15, -0.1) is 0 Å². The summed E-state index contributed by atoms with van der Waals surface area (Å²) in [5.41, 5.74) is 0.566. The van der Waals surface area contributed by atoms with Crippen LogP contribution in [0.25, 0.3) is 0 Å². The zero-order valence-electron chi connectivity index (χ0n) is 12.2. The number of pyridine rings is 1. The van der Waals surface area contributed by atoms with E-state index in [2.05, 4.69) is 26.1 Å². The minimum absolute atomic E-state index is 0.0988. The quantitative estimate of drug-likeness (QED) is 0.861. The van der Waals surface area contributed by atoms with Gasteiger partial charge >= 0.3 is 0 Å². The van der Waals surface area contributed by atoms with Gasteiger partial charge in [-0.25, -0.2) is 4.98 Å². The lowest BCUT2D eigenvalue weighted by molar-refractivity contribution is 0.358. The highest BCUT2D eigenvalue weighted by atomic mass is 16.5. The fraction of sp³-hybridized carbons (Fsp3) is 0.467. The molecule has 0 amide bonds. The van der Waals surface area contributed by atoms with E-state index in [4.69, 9.17) is 9.78 Å². The van der Waals surface area contributed by atoms with Gasteiger partial charge in [0, 0.05) is 18.7 Å². The van der Waals surface area contributed by atoms with Crippen molar-refractivity contribution in [2.24, 2.45) is 0 Å². The zero-order chi connectivity index (χ0) is 14.8. The molecule has 1 fully saturated rings. The number of nitrogens with zero attached hydrogens (tertiary/aromatic N) is 5. The molecule has 1 aliphatic heterocycles. The highest BCUT2D eigenvalue weighted by molar-refractivity contribution is 5.44. The van der Waals surface area contributed by atoms with E-state index in [1.54, 1.807) is 12.3 Å². The first-order valence-electron chi connectivity index (χ1n) is 7.15. The van der Waals surface area contributed by atoms with Crippen molar-refractivity contribution in [2.45, 2.75) is 38.6 Å². The summed E-state index contributed by atoms with van der Waals surface area (Å²) in [5.74, 6) is 2.48. The maximum atomic E-state index is 8.84. The van der Waals surface area contributed by atoms with Gasteiger partial charge in [0.25, 0.3) is 0 Å². The highest BCUT2D eigenvalue weighted by Gasteiger charge is 2.31. The Morgan fingerprint density at radius 3 is 2.90 bits per heavy atom. The van der Waals surface area contributed by atoms with Crippen LogP contribution in [0.15, 0.2) is 22.9 Å². The maximum Gasteiger partial charge on any atom is 0.229 e. The van der Waals surface area contributed by atoms with E-state index in [9.17, 15) is 0 Å². The van der Waals surface area contributed by atoms with Crippen molar-refractivity contribution in [3.05, 3.63) is 35.6 Å². The van der Waals surface area contributed by atoms with Crippen LogP contribution in [0.3, 0.4) is 0 Å². The van der Waals surface area contributed by atoms with Gasteiger partial charge in [-0.2, -0.15) is 10.2 Å². The summed E-state index contributed by atoms with van der Waals surface area (Å²) in [4.78, 5) is 11.0. The van der Waals surface area contributed by atoms with Crippen molar-refractivity contribution in [2.75, 3.05) is 11.4 Å². The van der Waals surface area contributed by atoms with Crippen molar-refractivity contribution >= 4 is 5.82 Å². The van der Waals surface area contributed by atoms with Gasteiger partial charge in [0.2, 0.25) is 5.89 Å². The van der Waals surface area contributed by atoms with Gasteiger partial charge in [-0.05, 0) is 25.0 Å². The van der Waals surface area contributed by atoms with Gasteiger partial charge in [-0.1, -0.05) is 19.0 Å². The molecular weight excluding hydrogens is 266 g/mol. The van der Waals surface area contributed by atoms with Crippen LogP contribution in [-0.4, -0.2) is 21.7 Å². The normalized spacial score (nSPS) is 18.2. The van der Waals surface area contributed by atoms with E-state index in [0.29, 0.717) is 11.5 Å². The fourth-order valence-corrected chi connectivity index (χ4v) is 2.55. The van der Waals surface area contributed by atoms with Gasteiger partial charge in [-0.3, -0.25) is 0 Å². The monoisotopic (exact) mass is 283 g/mol. The molecule has 2 aromatic heterocycles. The number of aromatic nitrogens is 3. The highest BCUT2D eigenvalue weighted by Crippen LogP contribution is 2.34. The molecule has 21 heavy (non-hydrogen) atoms. The number of nitriles is 1. The maximum absolute atomic E-state index is 8.84. The van der Waals surface area contributed by atoms with Crippen molar-refractivity contribution in [3.8, 4) is 6.07 Å². The molecule has 0 radical (unpaired) electrons. The Balaban J connectivity index is 1.85. The molecule has 1 unspecified atom stereocenters. The third-order valence-corrected chi connectivity index (χ3v) is 3.67. The predicted molar refractivity (Wildman–Crippen MR) is 76.7 cm³/mol. The molecular formula is C15H17N5O. The lowest BCUT2D eigenvalue weighted by Gasteiger charge is -2.23. The van der Waals surface area contributed by atoms with Crippen molar-refractivity contribution in [3.63, 3.8) is 0 Å². The second-order valence-corrected chi connectivity index (χ2v) is 5.51. The van der Waals surface area contributed by atoms with E-state index in [1.807, 2.05) is 19.9 Å². The minimum Gasteiger partial charge on any atom is -0.346 e. The van der Waals surface area contributed by atoms with Crippen LogP contribution in [-0.2, 0) is 0 Å². The van der Waals surface area contributed by atoms with Crippen LogP contribution in [0.5, 0.6) is 0 Å². The summed E-state index contributed by atoms with van der Waals surface area (Å²) in [6.07, 6.45) is 3.65. The Morgan fingerprint density at radius 1 is 1.43 bits per heavy atom. The fourth-order valence-electron chi connectivity index (χ4n) is 2.55. The summed E-state index contributed by atoms with van der Waals surface area (Å²) in [7, 11) is 0. The van der Waals surface area contributed by atoms with Crippen LogP contribution >= 0.6 is 0 Å². The number of anilines is 1. The molecule has 0 bridgehead atoms. The molecule has 0 aromatic carbocycles. The SMILES string of the molecule is CC(C)c1nc(C2CCCN2c2ccc(C#N)cn2)no1. The van der Waals surface area contributed by atoms with Crippen LogP contribution in [0.2, 0.25) is 0 Å². The first-order chi connectivity index (χ1) is 10.2. The van der Waals surface area contributed by atoms with E-state index < -0.39 is 0 Å². The van der Waals surface area contributed by atoms with Crippen LogP contribution in [0, 0.1) is 11.3 Å². The van der Waals surface area contributed by atoms with Gasteiger partial charge in [0.15, 0.2) is 5.82 Å². The zero-order valence-corrected chi connectivity index (χ0v) is 12.2. The molecule has 6 nitrogen and oxygen atoms in total. The van der Waals surface area contributed by atoms with Crippen LogP contribution in [0.4, 0.5) is 5.82 Å². The lowest BCUT2D eigenvalue weighted by Crippen LogP contribution is -2.24. The molecule has 1 atom stereocenters. The topological polar surface area (TPSA) is 78.8 Å². The Morgan fingerprint density at radius 2 is 2.29 bits per heavy atom. The second kappa shape index (κ2) is 5.52. The summed E-state index contributed by atoms with van der Waals surface area (Å²) in [5, 5.41) is 13.0. The van der Waals surface area contributed by atoms with E-state index in [0.717, 1.165) is 31.0 Å². The molecule has 0 N–H and O–H groups in total. The molecule has 0 aliphatic carbocycles. The first kappa shape index (κ1) is 13.6. The molecule has 2 aromatic rings. The van der Waals surface area contributed by atoms with Crippen molar-refractivity contribution in [1.29, 1.82) is 5.26 Å². The standard InChI is InChI=1S/C15H17N5O/c1-10(2)15-18-14(19-21-15)12-4-3-7-20(12)13-6-5-11(8-16)9-17-13/h5-6,9-10,12H,3-4,7H2,1-2H3. The number of hydrogen-bond donors (Lipinski definition) is 0. The summed E-state index contributed by atoms with van der Waals surface area (Å²) < 4.78 is 5.31. The van der Waals surface area contributed by atoms with Crippen molar-refractivity contribution < 1.29 is 4.52 Å². The predicted octanol–water partition coefficient (Wildman–Crippen LogP) is 2.80. The summed E-state index contributed by atoms with van der Waals surface area (Å²) >= 11 is 0. The number of hydrogen-bond acceptors (Lipinski definition) is 6. The molecule has 108 valence electrons. The second-order valence-electron chi connectivity index (χ2n) is 5.51. The van der Waals surface area contributed by atoms with Crippen molar-refractivity contribution in [1.82, 2.24) is 15.1 Å². The van der Waals surface area contributed by atoms with E-state index in [1.165, 1.54) is 0 Å². The molecule has 6 heteroatoms. The summed E-state index contributed by atoms with van der Waals surface area (Å²) in [6.45, 7) is 4.98. The molecule has 1 aliphatic rings. The van der Waals surface area contributed by atoms with E-state index in [-0.39, 0.29) is 12.0 Å². The molecule has 3 heterocycles. The van der Waals surface area contributed by atoms with Gasteiger partial charge in [0.05, 0.1) is 11.6 Å². The first-order valence-corrected chi connectivity index (χ1v) is 7.15. The average molecular weight is 283 g/mol. The third kappa shape index (κ3) is 2.59. The van der Waals surface area contributed by atoms with Crippen LogP contribution in [0.1, 0.15) is 55.9 Å². The molecule has 0 spiro atoms. The Bertz CT molecular complexity index is 655. The summed E-state index contributed by atoms with van der Waals surface area (Å²) in [6, 6.07) is 5.84. The molecule has 1 saturated heterocycles. The van der Waals surface area contributed by atoms with Gasteiger partial charge < -0.3 is 9.42 Å². The Hall–Kier alpha value is -2.42.